The Kier molecular flexibility index (Phi) is 8.58. The number of halogens is 1. The van der Waals surface area contributed by atoms with Crippen molar-refractivity contribution in [3.63, 3.8) is 0 Å². The van der Waals surface area contributed by atoms with Crippen molar-refractivity contribution in [1.29, 1.82) is 0 Å². The Morgan fingerprint density at radius 1 is 1.00 bits per heavy atom. The van der Waals surface area contributed by atoms with Crippen molar-refractivity contribution < 1.29 is 14.0 Å². The smallest absolute Gasteiger partial charge is 0.255 e. The molecule has 8 nitrogen and oxygen atoms in total. The number of hydrogen-bond donors (Lipinski definition) is 2. The van der Waals surface area contributed by atoms with Crippen molar-refractivity contribution in [1.82, 2.24) is 30.4 Å². The van der Waals surface area contributed by atoms with Crippen molar-refractivity contribution in [3.8, 4) is 11.4 Å². The minimum atomic E-state index is -0.622. The van der Waals surface area contributed by atoms with Gasteiger partial charge in [0.15, 0.2) is 5.82 Å². The molecule has 1 saturated carbocycles. The maximum Gasteiger partial charge on any atom is 0.255 e. The zero-order valence-corrected chi connectivity index (χ0v) is 22.2. The van der Waals surface area contributed by atoms with E-state index in [0.717, 1.165) is 43.6 Å². The SMILES string of the molecule is CN1CCN(C(=O)[C@H](CCCN[C@@H]2C[C@H]2c2ccc(F)cc2)NC(=O)c2cnc(-c3ccccc3)nc2)CC1. The molecule has 0 bridgehead atoms. The van der Waals surface area contributed by atoms with E-state index in [-0.39, 0.29) is 17.6 Å². The maximum absolute atomic E-state index is 13.4. The summed E-state index contributed by atoms with van der Waals surface area (Å²) in [7, 11) is 2.04. The van der Waals surface area contributed by atoms with Gasteiger partial charge in [-0.1, -0.05) is 42.5 Å². The lowest BCUT2D eigenvalue weighted by atomic mass is 10.1. The number of nitrogens with zero attached hydrogens (tertiary/aromatic N) is 4. The van der Waals surface area contributed by atoms with Crippen LogP contribution in [0.5, 0.6) is 0 Å². The molecule has 204 valence electrons. The van der Waals surface area contributed by atoms with Crippen LogP contribution in [0.2, 0.25) is 0 Å². The first-order valence-corrected chi connectivity index (χ1v) is 13.6. The lowest BCUT2D eigenvalue weighted by Gasteiger charge is -2.34. The van der Waals surface area contributed by atoms with Crippen molar-refractivity contribution >= 4 is 11.8 Å². The fourth-order valence-corrected chi connectivity index (χ4v) is 5.02. The summed E-state index contributed by atoms with van der Waals surface area (Å²) in [6.07, 6.45) is 5.30. The predicted molar refractivity (Wildman–Crippen MR) is 148 cm³/mol. The van der Waals surface area contributed by atoms with Crippen LogP contribution in [-0.4, -0.2) is 83.4 Å². The van der Waals surface area contributed by atoms with Crippen LogP contribution in [0.3, 0.4) is 0 Å². The molecule has 0 radical (unpaired) electrons. The van der Waals surface area contributed by atoms with Gasteiger partial charge in [0.05, 0.1) is 5.56 Å². The number of amides is 2. The molecule has 3 atom stereocenters. The molecule has 2 aromatic carbocycles. The van der Waals surface area contributed by atoms with Gasteiger partial charge in [-0.25, -0.2) is 14.4 Å². The van der Waals surface area contributed by atoms with Gasteiger partial charge in [0.2, 0.25) is 5.91 Å². The molecule has 1 aromatic heterocycles. The lowest BCUT2D eigenvalue weighted by molar-refractivity contribution is -0.135. The lowest BCUT2D eigenvalue weighted by Crippen LogP contribution is -2.54. The van der Waals surface area contributed by atoms with Gasteiger partial charge in [0.25, 0.3) is 5.91 Å². The molecule has 2 fully saturated rings. The number of hydrogen-bond acceptors (Lipinski definition) is 6. The van der Waals surface area contributed by atoms with Crippen LogP contribution in [0.25, 0.3) is 11.4 Å². The van der Waals surface area contributed by atoms with Crippen LogP contribution in [0.15, 0.2) is 67.0 Å². The van der Waals surface area contributed by atoms with Gasteiger partial charge in [0, 0.05) is 56.1 Å². The topological polar surface area (TPSA) is 90.5 Å². The number of rotatable bonds is 10. The van der Waals surface area contributed by atoms with Gasteiger partial charge >= 0.3 is 0 Å². The molecule has 2 amide bonds. The quantitative estimate of drug-likeness (QED) is 0.392. The molecule has 3 aromatic rings. The van der Waals surface area contributed by atoms with E-state index < -0.39 is 6.04 Å². The first-order valence-electron chi connectivity index (χ1n) is 13.6. The van der Waals surface area contributed by atoms with E-state index in [1.165, 1.54) is 24.5 Å². The predicted octanol–water partition coefficient (Wildman–Crippen LogP) is 3.08. The van der Waals surface area contributed by atoms with Gasteiger partial charge in [-0.05, 0) is 50.6 Å². The van der Waals surface area contributed by atoms with Crippen LogP contribution >= 0.6 is 0 Å². The Hall–Kier alpha value is -3.69. The second-order valence-corrected chi connectivity index (χ2v) is 10.4. The Morgan fingerprint density at radius 2 is 1.69 bits per heavy atom. The first kappa shape index (κ1) is 26.9. The van der Waals surface area contributed by atoms with E-state index in [0.29, 0.717) is 42.9 Å². The van der Waals surface area contributed by atoms with Crippen molar-refractivity contribution in [2.24, 2.45) is 0 Å². The Morgan fingerprint density at radius 3 is 2.38 bits per heavy atom. The summed E-state index contributed by atoms with van der Waals surface area (Å²) in [6, 6.07) is 16.0. The second kappa shape index (κ2) is 12.4. The molecular weight excluding hydrogens is 495 g/mol. The number of aromatic nitrogens is 2. The summed E-state index contributed by atoms with van der Waals surface area (Å²) in [5, 5.41) is 6.51. The van der Waals surface area contributed by atoms with Crippen LogP contribution in [0.1, 0.15) is 41.1 Å². The second-order valence-electron chi connectivity index (χ2n) is 10.4. The third kappa shape index (κ3) is 7.04. The van der Waals surface area contributed by atoms with E-state index in [2.05, 4.69) is 25.5 Å². The summed E-state index contributed by atoms with van der Waals surface area (Å²) in [5.41, 5.74) is 2.34. The highest BCUT2D eigenvalue weighted by Crippen LogP contribution is 2.40. The fourth-order valence-electron chi connectivity index (χ4n) is 5.02. The Balaban J connectivity index is 1.17. The molecule has 2 N–H and O–H groups in total. The number of benzene rings is 2. The molecule has 0 spiro atoms. The molecule has 5 rings (SSSR count). The highest BCUT2D eigenvalue weighted by molar-refractivity contribution is 5.97. The minimum absolute atomic E-state index is 0.0473. The van der Waals surface area contributed by atoms with Crippen LogP contribution in [0.4, 0.5) is 4.39 Å². The zero-order valence-electron chi connectivity index (χ0n) is 22.2. The van der Waals surface area contributed by atoms with Crippen molar-refractivity contribution in [3.05, 3.63) is 83.9 Å². The standard InChI is InChI=1S/C30H35FN6O2/c1-36-14-16-37(17-15-36)30(39)26(8-5-13-32-27-18-25(27)21-9-11-24(31)12-10-21)35-29(38)23-19-33-28(34-20-23)22-6-3-2-4-7-22/h2-4,6-7,9-12,19-20,25-27,32H,5,8,13-18H2,1H3,(H,35,38)/t25-,26-,27+/m0/s1. The number of piperazine rings is 1. The molecule has 2 aliphatic rings. The molecule has 2 heterocycles. The van der Waals surface area contributed by atoms with Crippen molar-refractivity contribution in [2.45, 2.75) is 37.3 Å². The molecule has 1 saturated heterocycles. The molecule has 39 heavy (non-hydrogen) atoms. The maximum atomic E-state index is 13.4. The highest BCUT2D eigenvalue weighted by Gasteiger charge is 2.37. The number of nitrogens with one attached hydrogen (secondary N) is 2. The van der Waals surface area contributed by atoms with Crippen molar-refractivity contribution in [2.75, 3.05) is 39.8 Å². The molecule has 0 unspecified atom stereocenters. The van der Waals surface area contributed by atoms with E-state index in [1.807, 2.05) is 54.4 Å². The van der Waals surface area contributed by atoms with E-state index in [4.69, 9.17) is 0 Å². The van der Waals surface area contributed by atoms with Gasteiger partial charge in [0.1, 0.15) is 11.9 Å². The van der Waals surface area contributed by atoms with Crippen LogP contribution in [-0.2, 0) is 4.79 Å². The zero-order chi connectivity index (χ0) is 27.2. The largest absolute Gasteiger partial charge is 0.340 e. The summed E-state index contributed by atoms with van der Waals surface area (Å²) in [5.74, 6) is 0.317. The van der Waals surface area contributed by atoms with Gasteiger partial charge in [-0.15, -0.1) is 0 Å². The van der Waals surface area contributed by atoms with E-state index >= 15 is 0 Å². The molecule has 9 heteroatoms. The van der Waals surface area contributed by atoms with E-state index in [9.17, 15) is 14.0 Å². The van der Waals surface area contributed by atoms with Gasteiger partial charge in [-0.2, -0.15) is 0 Å². The molecule has 1 aliphatic carbocycles. The van der Waals surface area contributed by atoms with Gasteiger partial charge in [-0.3, -0.25) is 9.59 Å². The third-order valence-electron chi connectivity index (χ3n) is 7.53. The average molecular weight is 531 g/mol. The number of carbonyl (C=O) groups excluding carboxylic acids is 2. The number of carbonyl (C=O) groups is 2. The third-order valence-corrected chi connectivity index (χ3v) is 7.53. The summed E-state index contributed by atoms with van der Waals surface area (Å²) >= 11 is 0. The van der Waals surface area contributed by atoms with Crippen LogP contribution in [0, 0.1) is 5.82 Å². The molecular formula is C30H35FN6O2. The number of likely N-dealkylation sites (N-methyl/N-ethyl adjacent to an activating group) is 1. The van der Waals surface area contributed by atoms with Crippen LogP contribution < -0.4 is 10.6 Å². The Bertz CT molecular complexity index is 1250. The molecule has 1 aliphatic heterocycles. The minimum Gasteiger partial charge on any atom is -0.340 e. The van der Waals surface area contributed by atoms with E-state index in [1.54, 1.807) is 0 Å². The highest BCUT2D eigenvalue weighted by atomic mass is 19.1. The first-order chi connectivity index (χ1) is 19.0. The fraction of sp³-hybridized carbons (Fsp3) is 0.400. The summed E-state index contributed by atoms with van der Waals surface area (Å²) in [4.78, 5) is 39.3. The summed E-state index contributed by atoms with van der Waals surface area (Å²) in [6.45, 7) is 3.66. The average Bonchev–Trinajstić information content (AvgIpc) is 3.75. The monoisotopic (exact) mass is 530 g/mol. The van der Waals surface area contributed by atoms with Gasteiger partial charge < -0.3 is 20.4 Å². The Labute approximate surface area is 228 Å². The summed E-state index contributed by atoms with van der Waals surface area (Å²) < 4.78 is 13.2. The normalized spacial score (nSPS) is 19.9.